The zero-order valence-corrected chi connectivity index (χ0v) is 9.69. The second kappa shape index (κ2) is 4.45. The van der Waals surface area contributed by atoms with Crippen LogP contribution in [0.4, 0.5) is 0 Å². The molecule has 1 heteroatoms. The van der Waals surface area contributed by atoms with Crippen molar-refractivity contribution < 1.29 is 0 Å². The monoisotopic (exact) mass is 183 g/mol. The number of piperidine rings is 1. The first-order chi connectivity index (χ1) is 6.05. The fourth-order valence-corrected chi connectivity index (χ4v) is 2.90. The predicted octanol–water partition coefficient (Wildman–Crippen LogP) is 3.06. The van der Waals surface area contributed by atoms with Crippen molar-refractivity contribution in [2.45, 2.75) is 47.0 Å². The molecule has 1 atom stereocenters. The van der Waals surface area contributed by atoms with Crippen LogP contribution in [0.1, 0.15) is 47.0 Å². The van der Waals surface area contributed by atoms with E-state index >= 15 is 0 Å². The van der Waals surface area contributed by atoms with Crippen molar-refractivity contribution in [3.8, 4) is 0 Å². The lowest BCUT2D eigenvalue weighted by Gasteiger charge is -2.38. The van der Waals surface area contributed by atoms with Crippen molar-refractivity contribution in [1.82, 2.24) is 5.32 Å². The smallest absolute Gasteiger partial charge is 0.00462 e. The molecule has 0 aromatic rings. The average molecular weight is 183 g/mol. The fraction of sp³-hybridized carbons (Fsp3) is 1.00. The topological polar surface area (TPSA) is 12.0 Å². The normalized spacial score (nSPS) is 23.1. The molecule has 1 saturated heterocycles. The Morgan fingerprint density at radius 2 is 1.77 bits per heavy atom. The molecule has 0 bridgehead atoms. The summed E-state index contributed by atoms with van der Waals surface area (Å²) < 4.78 is 0. The van der Waals surface area contributed by atoms with E-state index in [9.17, 15) is 0 Å². The first-order valence-electron chi connectivity index (χ1n) is 5.76. The predicted molar refractivity (Wildman–Crippen MR) is 58.8 cm³/mol. The molecule has 0 aromatic carbocycles. The minimum absolute atomic E-state index is 0.497. The van der Waals surface area contributed by atoms with Gasteiger partial charge in [-0.1, -0.05) is 34.1 Å². The molecule has 1 heterocycles. The van der Waals surface area contributed by atoms with Crippen LogP contribution in [0.15, 0.2) is 0 Å². The lowest BCUT2D eigenvalue weighted by Crippen LogP contribution is -2.36. The number of nitrogens with one attached hydrogen (secondary N) is 1. The summed E-state index contributed by atoms with van der Waals surface area (Å²) in [6.07, 6.45) is 4.11. The van der Waals surface area contributed by atoms with Crippen LogP contribution >= 0.6 is 0 Å². The third-order valence-electron chi connectivity index (χ3n) is 3.51. The maximum Gasteiger partial charge on any atom is -0.00462 e. The van der Waals surface area contributed by atoms with Crippen molar-refractivity contribution in [2.24, 2.45) is 17.3 Å². The van der Waals surface area contributed by atoms with Crippen LogP contribution in [0.3, 0.4) is 0 Å². The van der Waals surface area contributed by atoms with Gasteiger partial charge in [-0.05, 0) is 43.2 Å². The maximum absolute atomic E-state index is 3.45. The zero-order valence-electron chi connectivity index (χ0n) is 9.69. The van der Waals surface area contributed by atoms with Crippen LogP contribution in [0.25, 0.3) is 0 Å². The van der Waals surface area contributed by atoms with E-state index in [0.29, 0.717) is 5.41 Å². The van der Waals surface area contributed by atoms with Gasteiger partial charge in [0.1, 0.15) is 0 Å². The van der Waals surface area contributed by atoms with Gasteiger partial charge in [-0.25, -0.2) is 0 Å². The summed E-state index contributed by atoms with van der Waals surface area (Å²) >= 11 is 0. The van der Waals surface area contributed by atoms with Crippen molar-refractivity contribution in [1.29, 1.82) is 0 Å². The Kier molecular flexibility index (Phi) is 3.78. The second-order valence-corrected chi connectivity index (χ2v) is 5.47. The van der Waals surface area contributed by atoms with Crippen molar-refractivity contribution >= 4 is 0 Å². The van der Waals surface area contributed by atoms with Crippen molar-refractivity contribution in [2.75, 3.05) is 13.1 Å². The maximum atomic E-state index is 3.45. The van der Waals surface area contributed by atoms with Gasteiger partial charge in [0.25, 0.3) is 0 Å². The minimum atomic E-state index is 0.497. The standard InChI is InChI=1S/C12H25N/c1-5-11(12(2,3)4)10-6-8-13-9-7-10/h10-11,13H,5-9H2,1-4H3/t11-/m1/s1. The van der Waals surface area contributed by atoms with E-state index in [1.54, 1.807) is 0 Å². The van der Waals surface area contributed by atoms with Gasteiger partial charge in [0.05, 0.1) is 0 Å². The molecule has 1 nitrogen and oxygen atoms in total. The van der Waals surface area contributed by atoms with E-state index in [1.165, 1.54) is 32.4 Å². The van der Waals surface area contributed by atoms with Crippen LogP contribution in [0, 0.1) is 17.3 Å². The molecular formula is C12H25N. The Hall–Kier alpha value is -0.0400. The van der Waals surface area contributed by atoms with E-state index in [1.807, 2.05) is 0 Å². The number of rotatable bonds is 2. The van der Waals surface area contributed by atoms with Crippen LogP contribution in [-0.4, -0.2) is 13.1 Å². The van der Waals surface area contributed by atoms with Crippen LogP contribution in [0.2, 0.25) is 0 Å². The van der Waals surface area contributed by atoms with E-state index in [0.717, 1.165) is 11.8 Å². The molecule has 0 unspecified atom stereocenters. The van der Waals surface area contributed by atoms with Crippen LogP contribution in [0.5, 0.6) is 0 Å². The highest BCUT2D eigenvalue weighted by Gasteiger charge is 2.31. The lowest BCUT2D eigenvalue weighted by molar-refractivity contribution is 0.125. The summed E-state index contributed by atoms with van der Waals surface area (Å²) in [6.45, 7) is 12.0. The Balaban J connectivity index is 2.54. The van der Waals surface area contributed by atoms with E-state index in [2.05, 4.69) is 33.0 Å². The fourth-order valence-electron chi connectivity index (χ4n) is 2.90. The largest absolute Gasteiger partial charge is 0.317 e. The molecule has 1 N–H and O–H groups in total. The van der Waals surface area contributed by atoms with Crippen molar-refractivity contribution in [3.05, 3.63) is 0 Å². The van der Waals surface area contributed by atoms with Crippen LogP contribution < -0.4 is 5.32 Å². The quantitative estimate of drug-likeness (QED) is 0.694. The highest BCUT2D eigenvalue weighted by Crippen LogP contribution is 2.38. The second-order valence-electron chi connectivity index (χ2n) is 5.47. The Morgan fingerprint density at radius 3 is 2.15 bits per heavy atom. The molecule has 0 radical (unpaired) electrons. The molecule has 0 aromatic heterocycles. The Bertz CT molecular complexity index is 140. The summed E-state index contributed by atoms with van der Waals surface area (Å²) in [5.74, 6) is 1.88. The number of hydrogen-bond donors (Lipinski definition) is 1. The highest BCUT2D eigenvalue weighted by atomic mass is 14.9. The summed E-state index contributed by atoms with van der Waals surface area (Å²) in [4.78, 5) is 0. The van der Waals surface area contributed by atoms with Gasteiger partial charge >= 0.3 is 0 Å². The van der Waals surface area contributed by atoms with E-state index in [-0.39, 0.29) is 0 Å². The molecule has 1 aliphatic heterocycles. The third kappa shape index (κ3) is 2.98. The lowest BCUT2D eigenvalue weighted by atomic mass is 9.69. The first-order valence-corrected chi connectivity index (χ1v) is 5.76. The van der Waals surface area contributed by atoms with Gasteiger partial charge in [-0.2, -0.15) is 0 Å². The molecule has 1 fully saturated rings. The van der Waals surface area contributed by atoms with Gasteiger partial charge in [-0.15, -0.1) is 0 Å². The molecular weight excluding hydrogens is 158 g/mol. The molecule has 1 rings (SSSR count). The molecule has 13 heavy (non-hydrogen) atoms. The summed E-state index contributed by atoms with van der Waals surface area (Å²) in [6, 6.07) is 0. The van der Waals surface area contributed by atoms with Crippen LogP contribution in [-0.2, 0) is 0 Å². The van der Waals surface area contributed by atoms with Gasteiger partial charge in [0.2, 0.25) is 0 Å². The highest BCUT2D eigenvalue weighted by molar-refractivity contribution is 4.82. The molecule has 0 spiro atoms. The summed E-state index contributed by atoms with van der Waals surface area (Å²) in [5.41, 5.74) is 0.497. The van der Waals surface area contributed by atoms with E-state index in [4.69, 9.17) is 0 Å². The zero-order chi connectivity index (χ0) is 9.90. The summed E-state index contributed by atoms with van der Waals surface area (Å²) in [5, 5.41) is 3.45. The molecule has 78 valence electrons. The van der Waals surface area contributed by atoms with Gasteiger partial charge < -0.3 is 5.32 Å². The average Bonchev–Trinajstić information content (AvgIpc) is 2.05. The number of hydrogen-bond acceptors (Lipinski definition) is 1. The van der Waals surface area contributed by atoms with Gasteiger partial charge in [0.15, 0.2) is 0 Å². The Labute approximate surface area is 83.3 Å². The Morgan fingerprint density at radius 1 is 1.23 bits per heavy atom. The SMILES string of the molecule is CC[C@H](C1CCNCC1)C(C)(C)C. The molecule has 0 saturated carbocycles. The van der Waals surface area contributed by atoms with Gasteiger partial charge in [0, 0.05) is 0 Å². The molecule has 1 aliphatic rings. The first kappa shape index (κ1) is 11.0. The molecule has 0 aliphatic carbocycles. The van der Waals surface area contributed by atoms with Crippen molar-refractivity contribution in [3.63, 3.8) is 0 Å². The minimum Gasteiger partial charge on any atom is -0.317 e. The van der Waals surface area contributed by atoms with Gasteiger partial charge in [-0.3, -0.25) is 0 Å². The molecule has 0 amide bonds. The summed E-state index contributed by atoms with van der Waals surface area (Å²) in [7, 11) is 0. The third-order valence-corrected chi connectivity index (χ3v) is 3.51. The van der Waals surface area contributed by atoms with E-state index < -0.39 is 0 Å².